The molecule has 0 radical (unpaired) electrons. The van der Waals surface area contributed by atoms with E-state index in [9.17, 15) is 4.79 Å². The van der Waals surface area contributed by atoms with Gasteiger partial charge in [-0.2, -0.15) is 0 Å². The highest BCUT2D eigenvalue weighted by atomic mass is 35.5. The molecule has 1 fully saturated rings. The van der Waals surface area contributed by atoms with E-state index in [-0.39, 0.29) is 18.3 Å². The van der Waals surface area contributed by atoms with E-state index in [2.05, 4.69) is 10.2 Å². The maximum absolute atomic E-state index is 12.3. The van der Waals surface area contributed by atoms with Crippen LogP contribution in [0.3, 0.4) is 0 Å². The lowest BCUT2D eigenvalue weighted by atomic mass is 10.1. The lowest BCUT2D eigenvalue weighted by molar-refractivity contribution is -0.0000161. The number of carbonyl (C=O) groups excluding carboxylic acids is 1. The van der Waals surface area contributed by atoms with Crippen LogP contribution in [-0.2, 0) is 4.74 Å². The normalized spacial score (nSPS) is 14.5. The van der Waals surface area contributed by atoms with Crippen molar-refractivity contribution >= 4 is 5.91 Å². The Hall–Kier alpha value is -1.70. The number of rotatable bonds is 7. The predicted molar refractivity (Wildman–Crippen MR) is 85.7 cm³/mol. The van der Waals surface area contributed by atoms with E-state index in [1.165, 1.54) is 21.3 Å². The lowest BCUT2D eigenvalue weighted by Gasteiger charge is -2.26. The molecule has 1 amide bonds. The van der Waals surface area contributed by atoms with E-state index in [4.69, 9.17) is 18.9 Å². The number of carbonyl (C=O) groups is 1. The molecule has 1 aromatic rings. The second-order valence-electron chi connectivity index (χ2n) is 5.12. The molecule has 0 spiro atoms. The molecule has 136 valence electrons. The van der Waals surface area contributed by atoms with Crippen molar-refractivity contribution in [1.29, 1.82) is 0 Å². The van der Waals surface area contributed by atoms with Crippen molar-refractivity contribution in [3.8, 4) is 17.2 Å². The Morgan fingerprint density at radius 3 is 2.21 bits per heavy atom. The molecule has 0 unspecified atom stereocenters. The molecule has 0 bridgehead atoms. The molecule has 1 N–H and O–H groups in total. The highest BCUT2D eigenvalue weighted by molar-refractivity contribution is 5.95. The molecule has 0 aliphatic carbocycles. The summed E-state index contributed by atoms with van der Waals surface area (Å²) in [6.07, 6.45) is 0. The third kappa shape index (κ3) is 5.15. The van der Waals surface area contributed by atoms with E-state index in [0.717, 1.165) is 32.8 Å². The van der Waals surface area contributed by atoms with Gasteiger partial charge in [-0.05, 0) is 12.1 Å². The highest BCUT2D eigenvalue weighted by Gasteiger charge is 2.17. The molecule has 0 aromatic heterocycles. The number of ether oxygens (including phenoxy) is 4. The Morgan fingerprint density at radius 1 is 1.12 bits per heavy atom. The average Bonchev–Trinajstić information content (AvgIpc) is 2.61. The summed E-state index contributed by atoms with van der Waals surface area (Å²) in [7, 11) is 4.58. The fourth-order valence-electron chi connectivity index (χ4n) is 2.47. The maximum Gasteiger partial charge on any atom is 0.251 e. The average molecular weight is 360 g/mol. The van der Waals surface area contributed by atoms with Crippen LogP contribution in [-0.4, -0.2) is 71.5 Å². The van der Waals surface area contributed by atoms with Gasteiger partial charge in [0.15, 0.2) is 11.5 Å². The van der Waals surface area contributed by atoms with E-state index in [1.807, 2.05) is 0 Å². The number of nitrogens with one attached hydrogen (secondary N) is 1. The van der Waals surface area contributed by atoms with Crippen LogP contribution >= 0.6 is 0 Å². The van der Waals surface area contributed by atoms with Crippen molar-refractivity contribution < 1.29 is 36.1 Å². The monoisotopic (exact) mass is 359 g/mol. The summed E-state index contributed by atoms with van der Waals surface area (Å²) in [4.78, 5) is 14.6. The summed E-state index contributed by atoms with van der Waals surface area (Å²) in [5.41, 5.74) is 0.474. The molecular weight excluding hydrogens is 336 g/mol. The third-order valence-corrected chi connectivity index (χ3v) is 3.74. The number of hydrogen-bond donors (Lipinski definition) is 1. The van der Waals surface area contributed by atoms with Gasteiger partial charge < -0.3 is 36.7 Å². The molecule has 2 rings (SSSR count). The first kappa shape index (κ1) is 20.3. The van der Waals surface area contributed by atoms with Crippen LogP contribution in [0.4, 0.5) is 0 Å². The quantitative estimate of drug-likeness (QED) is 0.595. The standard InChI is InChI=1S/C16H24N2O5.ClH/c1-20-13-10-12(11-14(21-2)15(13)22-3)16(19)17-4-5-18-6-8-23-9-7-18;/h10-11H,4-9H2,1-3H3,(H,17,19);1H/p-1. The highest BCUT2D eigenvalue weighted by Crippen LogP contribution is 2.38. The number of methoxy groups -OCH3 is 3. The first-order valence-electron chi connectivity index (χ1n) is 7.58. The minimum Gasteiger partial charge on any atom is -1.00 e. The largest absolute Gasteiger partial charge is 1.00 e. The number of morpholine rings is 1. The molecule has 0 saturated carbocycles. The number of hydrogen-bond acceptors (Lipinski definition) is 6. The van der Waals surface area contributed by atoms with E-state index in [1.54, 1.807) is 12.1 Å². The van der Waals surface area contributed by atoms with Crippen LogP contribution in [0.2, 0.25) is 0 Å². The fourth-order valence-corrected chi connectivity index (χ4v) is 2.47. The Balaban J connectivity index is 0.00000288. The van der Waals surface area contributed by atoms with Crippen LogP contribution in [0.1, 0.15) is 10.4 Å². The summed E-state index contributed by atoms with van der Waals surface area (Å²) >= 11 is 0. The Labute approximate surface area is 148 Å². The van der Waals surface area contributed by atoms with Crippen LogP contribution in [0.15, 0.2) is 12.1 Å². The van der Waals surface area contributed by atoms with Crippen LogP contribution in [0.5, 0.6) is 17.2 Å². The SMILES string of the molecule is COc1cc(C(=O)NCCN2CCOCC2)cc(OC)c1OC.[Cl-]. The molecule has 0 atom stereocenters. The molecule has 8 heteroatoms. The summed E-state index contributed by atoms with van der Waals surface area (Å²) in [6.45, 7) is 4.69. The van der Waals surface area contributed by atoms with Gasteiger partial charge in [-0.3, -0.25) is 9.69 Å². The third-order valence-electron chi connectivity index (χ3n) is 3.74. The van der Waals surface area contributed by atoms with Gasteiger partial charge in [0.1, 0.15) is 0 Å². The zero-order valence-corrected chi connectivity index (χ0v) is 15.0. The predicted octanol–water partition coefficient (Wildman–Crippen LogP) is -2.22. The molecule has 24 heavy (non-hydrogen) atoms. The topological polar surface area (TPSA) is 69.3 Å². The Kier molecular flexibility index (Phi) is 8.67. The minimum atomic E-state index is -0.169. The van der Waals surface area contributed by atoms with Crippen LogP contribution < -0.4 is 31.9 Å². The number of benzene rings is 1. The van der Waals surface area contributed by atoms with Gasteiger partial charge >= 0.3 is 0 Å². The van der Waals surface area contributed by atoms with Crippen molar-refractivity contribution in [2.45, 2.75) is 0 Å². The summed E-state index contributed by atoms with van der Waals surface area (Å²) in [6, 6.07) is 3.29. The molecular formula is C16H24ClN2O5-. The zero-order chi connectivity index (χ0) is 16.7. The van der Waals surface area contributed by atoms with Gasteiger partial charge in [-0.1, -0.05) is 0 Å². The lowest BCUT2D eigenvalue weighted by Crippen LogP contribution is -3.00. The van der Waals surface area contributed by atoms with Crippen molar-refractivity contribution in [2.24, 2.45) is 0 Å². The second-order valence-corrected chi connectivity index (χ2v) is 5.12. The molecule has 1 aliphatic rings. The Bertz CT molecular complexity index is 510. The first-order valence-corrected chi connectivity index (χ1v) is 7.58. The van der Waals surface area contributed by atoms with Crippen molar-refractivity contribution in [3.05, 3.63) is 17.7 Å². The van der Waals surface area contributed by atoms with Gasteiger partial charge in [0.2, 0.25) is 5.75 Å². The number of amides is 1. The van der Waals surface area contributed by atoms with Crippen LogP contribution in [0, 0.1) is 0 Å². The summed E-state index contributed by atoms with van der Waals surface area (Å²) in [5, 5.41) is 2.91. The fraction of sp³-hybridized carbons (Fsp3) is 0.562. The van der Waals surface area contributed by atoms with Crippen LogP contribution in [0.25, 0.3) is 0 Å². The van der Waals surface area contributed by atoms with E-state index >= 15 is 0 Å². The van der Waals surface area contributed by atoms with Gasteiger partial charge in [0, 0.05) is 31.7 Å². The first-order chi connectivity index (χ1) is 11.2. The minimum absolute atomic E-state index is 0. The van der Waals surface area contributed by atoms with E-state index < -0.39 is 0 Å². The maximum atomic E-state index is 12.3. The summed E-state index contributed by atoms with van der Waals surface area (Å²) < 4.78 is 21.1. The van der Waals surface area contributed by atoms with Crippen molar-refractivity contribution in [2.75, 3.05) is 60.7 Å². The van der Waals surface area contributed by atoms with Gasteiger partial charge in [-0.15, -0.1) is 0 Å². The van der Waals surface area contributed by atoms with Gasteiger partial charge in [0.05, 0.1) is 34.5 Å². The van der Waals surface area contributed by atoms with Gasteiger partial charge in [0.25, 0.3) is 5.91 Å². The Morgan fingerprint density at radius 2 is 1.71 bits per heavy atom. The van der Waals surface area contributed by atoms with Crippen molar-refractivity contribution in [1.82, 2.24) is 10.2 Å². The molecule has 1 heterocycles. The second kappa shape index (κ2) is 10.2. The number of nitrogens with zero attached hydrogens (tertiary/aromatic N) is 1. The molecule has 7 nitrogen and oxygen atoms in total. The molecule has 1 aliphatic heterocycles. The van der Waals surface area contributed by atoms with Crippen molar-refractivity contribution in [3.63, 3.8) is 0 Å². The molecule has 1 saturated heterocycles. The molecule has 1 aromatic carbocycles. The number of halogens is 1. The zero-order valence-electron chi connectivity index (χ0n) is 14.3. The van der Waals surface area contributed by atoms with E-state index in [0.29, 0.717) is 29.4 Å². The summed E-state index contributed by atoms with van der Waals surface area (Å²) in [5.74, 6) is 1.23. The smallest absolute Gasteiger partial charge is 0.251 e. The van der Waals surface area contributed by atoms with Gasteiger partial charge in [-0.25, -0.2) is 0 Å².